The van der Waals surface area contributed by atoms with E-state index in [-0.39, 0.29) is 11.3 Å². The first-order valence-electron chi connectivity index (χ1n) is 5.97. The average Bonchev–Trinajstić information content (AvgIpc) is 2.29. The Kier molecular flexibility index (Phi) is 4.77. The van der Waals surface area contributed by atoms with Gasteiger partial charge in [0.05, 0.1) is 6.04 Å². The standard InChI is InChI=1S/C14H21ClN2O/c1-14(2,3)12(16)13(18)17(4)9-10-7-5-6-8-11(10)15/h5-8,12H,9,16H2,1-4H3/t12-/m1/s1. The van der Waals surface area contributed by atoms with Gasteiger partial charge in [-0.2, -0.15) is 0 Å². The van der Waals surface area contributed by atoms with Crippen LogP contribution in [0, 0.1) is 5.41 Å². The number of hydrogen-bond donors (Lipinski definition) is 1. The Morgan fingerprint density at radius 1 is 1.39 bits per heavy atom. The normalized spacial score (nSPS) is 13.2. The van der Waals surface area contributed by atoms with Crippen LogP contribution in [-0.4, -0.2) is 23.9 Å². The van der Waals surface area contributed by atoms with Crippen molar-refractivity contribution < 1.29 is 4.79 Å². The highest BCUT2D eigenvalue weighted by Gasteiger charge is 2.29. The zero-order valence-electron chi connectivity index (χ0n) is 11.4. The summed E-state index contributed by atoms with van der Waals surface area (Å²) in [5, 5.41) is 0.668. The van der Waals surface area contributed by atoms with Crippen molar-refractivity contribution in [3.63, 3.8) is 0 Å². The maximum atomic E-state index is 12.2. The number of nitrogens with two attached hydrogens (primary N) is 1. The van der Waals surface area contributed by atoms with Gasteiger partial charge in [-0.05, 0) is 17.0 Å². The van der Waals surface area contributed by atoms with Crippen LogP contribution >= 0.6 is 11.6 Å². The molecular formula is C14H21ClN2O. The lowest BCUT2D eigenvalue weighted by atomic mass is 9.86. The molecule has 1 amide bonds. The Morgan fingerprint density at radius 3 is 2.44 bits per heavy atom. The van der Waals surface area contributed by atoms with Crippen molar-refractivity contribution in [2.24, 2.45) is 11.1 Å². The lowest BCUT2D eigenvalue weighted by Crippen LogP contribution is -2.48. The number of carbonyl (C=O) groups is 1. The highest BCUT2D eigenvalue weighted by atomic mass is 35.5. The maximum Gasteiger partial charge on any atom is 0.240 e. The molecule has 0 aliphatic rings. The fraction of sp³-hybridized carbons (Fsp3) is 0.500. The second-order valence-corrected chi connectivity index (χ2v) is 6.04. The van der Waals surface area contributed by atoms with Gasteiger partial charge >= 0.3 is 0 Å². The fourth-order valence-electron chi connectivity index (χ4n) is 1.57. The number of carbonyl (C=O) groups excluding carboxylic acids is 1. The Bertz CT molecular complexity index is 426. The first-order valence-corrected chi connectivity index (χ1v) is 6.35. The van der Waals surface area contributed by atoms with Crippen molar-refractivity contribution in [1.29, 1.82) is 0 Å². The Morgan fingerprint density at radius 2 is 1.94 bits per heavy atom. The van der Waals surface area contributed by atoms with E-state index in [1.807, 2.05) is 45.0 Å². The van der Waals surface area contributed by atoms with Crippen LogP contribution in [0.3, 0.4) is 0 Å². The predicted molar refractivity (Wildman–Crippen MR) is 75.4 cm³/mol. The predicted octanol–water partition coefficient (Wildman–Crippen LogP) is 2.67. The molecule has 0 radical (unpaired) electrons. The largest absolute Gasteiger partial charge is 0.340 e. The summed E-state index contributed by atoms with van der Waals surface area (Å²) < 4.78 is 0. The van der Waals surface area contributed by atoms with Crippen molar-refractivity contribution in [2.75, 3.05) is 7.05 Å². The van der Waals surface area contributed by atoms with E-state index < -0.39 is 6.04 Å². The van der Waals surface area contributed by atoms with Gasteiger partial charge in [0.2, 0.25) is 5.91 Å². The van der Waals surface area contributed by atoms with Gasteiger partial charge in [0, 0.05) is 18.6 Å². The van der Waals surface area contributed by atoms with Gasteiger partial charge in [0.15, 0.2) is 0 Å². The van der Waals surface area contributed by atoms with Gasteiger partial charge in [0.1, 0.15) is 0 Å². The molecule has 1 aromatic rings. The number of likely N-dealkylation sites (N-methyl/N-ethyl adjacent to an activating group) is 1. The molecule has 4 heteroatoms. The molecule has 3 nitrogen and oxygen atoms in total. The van der Waals surface area contributed by atoms with Crippen LogP contribution in [0.5, 0.6) is 0 Å². The first-order chi connectivity index (χ1) is 8.23. The Balaban J connectivity index is 2.75. The third kappa shape index (κ3) is 3.72. The molecule has 0 heterocycles. The van der Waals surface area contributed by atoms with E-state index in [1.54, 1.807) is 11.9 Å². The van der Waals surface area contributed by atoms with Crippen molar-refractivity contribution in [2.45, 2.75) is 33.4 Å². The van der Waals surface area contributed by atoms with Crippen molar-refractivity contribution in [1.82, 2.24) is 4.90 Å². The molecule has 1 atom stereocenters. The molecule has 0 aliphatic carbocycles. The highest BCUT2D eigenvalue weighted by molar-refractivity contribution is 6.31. The van der Waals surface area contributed by atoms with Crippen LogP contribution in [-0.2, 0) is 11.3 Å². The number of rotatable bonds is 3. The third-order valence-electron chi connectivity index (χ3n) is 2.94. The lowest BCUT2D eigenvalue weighted by molar-refractivity contribution is -0.134. The zero-order chi connectivity index (χ0) is 13.9. The third-order valence-corrected chi connectivity index (χ3v) is 3.31. The molecule has 0 aliphatic heterocycles. The minimum absolute atomic E-state index is 0.0672. The smallest absolute Gasteiger partial charge is 0.240 e. The molecule has 100 valence electrons. The lowest BCUT2D eigenvalue weighted by Gasteiger charge is -2.30. The molecule has 0 spiro atoms. The van der Waals surface area contributed by atoms with E-state index in [0.29, 0.717) is 11.6 Å². The number of amides is 1. The van der Waals surface area contributed by atoms with Gasteiger partial charge < -0.3 is 10.6 Å². The zero-order valence-corrected chi connectivity index (χ0v) is 12.2. The van der Waals surface area contributed by atoms with Gasteiger partial charge in [-0.3, -0.25) is 4.79 Å². The second kappa shape index (κ2) is 5.72. The Labute approximate surface area is 114 Å². The number of halogens is 1. The van der Waals surface area contributed by atoms with E-state index >= 15 is 0 Å². The van der Waals surface area contributed by atoms with Gasteiger partial charge in [-0.15, -0.1) is 0 Å². The van der Waals surface area contributed by atoms with E-state index in [1.165, 1.54) is 0 Å². The van der Waals surface area contributed by atoms with E-state index in [2.05, 4.69) is 0 Å². The molecule has 0 saturated carbocycles. The van der Waals surface area contributed by atoms with Gasteiger partial charge in [-0.25, -0.2) is 0 Å². The molecule has 0 saturated heterocycles. The van der Waals surface area contributed by atoms with Crippen LogP contribution in [0.15, 0.2) is 24.3 Å². The maximum absolute atomic E-state index is 12.2. The highest BCUT2D eigenvalue weighted by Crippen LogP contribution is 2.21. The summed E-state index contributed by atoms with van der Waals surface area (Å²) >= 11 is 6.07. The van der Waals surface area contributed by atoms with Crippen molar-refractivity contribution in [3.05, 3.63) is 34.9 Å². The van der Waals surface area contributed by atoms with Gasteiger partial charge in [0.25, 0.3) is 0 Å². The number of nitrogens with zero attached hydrogens (tertiary/aromatic N) is 1. The van der Waals surface area contributed by atoms with Crippen molar-refractivity contribution >= 4 is 17.5 Å². The fourth-order valence-corrected chi connectivity index (χ4v) is 1.76. The molecular weight excluding hydrogens is 248 g/mol. The minimum Gasteiger partial charge on any atom is -0.340 e. The molecule has 18 heavy (non-hydrogen) atoms. The average molecular weight is 269 g/mol. The van der Waals surface area contributed by atoms with Crippen molar-refractivity contribution in [3.8, 4) is 0 Å². The molecule has 0 aromatic heterocycles. The number of benzene rings is 1. The van der Waals surface area contributed by atoms with E-state index in [0.717, 1.165) is 5.56 Å². The summed E-state index contributed by atoms with van der Waals surface area (Å²) in [6, 6.07) is 7.00. The summed E-state index contributed by atoms with van der Waals surface area (Å²) in [6.07, 6.45) is 0. The molecule has 0 unspecified atom stereocenters. The van der Waals surface area contributed by atoms with Gasteiger partial charge in [-0.1, -0.05) is 50.6 Å². The van der Waals surface area contributed by atoms with E-state index in [9.17, 15) is 4.79 Å². The second-order valence-electron chi connectivity index (χ2n) is 5.63. The summed E-state index contributed by atoms with van der Waals surface area (Å²) in [7, 11) is 1.75. The topological polar surface area (TPSA) is 46.3 Å². The monoisotopic (exact) mass is 268 g/mol. The summed E-state index contributed by atoms with van der Waals surface area (Å²) in [4.78, 5) is 13.8. The summed E-state index contributed by atoms with van der Waals surface area (Å²) in [6.45, 7) is 6.35. The summed E-state index contributed by atoms with van der Waals surface area (Å²) in [5.41, 5.74) is 6.65. The molecule has 2 N–H and O–H groups in total. The van der Waals surface area contributed by atoms with E-state index in [4.69, 9.17) is 17.3 Å². The SMILES string of the molecule is CN(Cc1ccccc1Cl)C(=O)[C@@H](N)C(C)(C)C. The first kappa shape index (κ1) is 15.0. The van der Waals surface area contributed by atoms with Crippen LogP contribution in [0.1, 0.15) is 26.3 Å². The molecule has 0 fully saturated rings. The molecule has 1 rings (SSSR count). The molecule has 0 bridgehead atoms. The minimum atomic E-state index is -0.509. The van der Waals surface area contributed by atoms with Crippen LogP contribution < -0.4 is 5.73 Å². The summed E-state index contributed by atoms with van der Waals surface area (Å²) in [5.74, 6) is -0.0672. The molecule has 1 aromatic carbocycles. The number of hydrogen-bond acceptors (Lipinski definition) is 2. The Hall–Kier alpha value is -1.06. The van der Waals surface area contributed by atoms with Crippen LogP contribution in [0.25, 0.3) is 0 Å². The van der Waals surface area contributed by atoms with Crippen LogP contribution in [0.2, 0.25) is 5.02 Å². The van der Waals surface area contributed by atoms with Crippen LogP contribution in [0.4, 0.5) is 0 Å². The quantitative estimate of drug-likeness (QED) is 0.916.